The van der Waals surface area contributed by atoms with Gasteiger partial charge in [-0.1, -0.05) is 41.4 Å². The SMILES string of the molecule is CONNC(=O)c1cc(Br)cc(Br)c1NC(=O)c1cc(C(C)C)nn1-c1ncccc1Cl. The first-order valence-electron chi connectivity index (χ1n) is 9.32. The number of benzene rings is 1. The lowest BCUT2D eigenvalue weighted by atomic mass is 10.1. The first-order chi connectivity index (χ1) is 15.2. The lowest BCUT2D eigenvalue weighted by molar-refractivity contribution is 0.0459. The highest BCUT2D eigenvalue weighted by molar-refractivity contribution is 9.11. The summed E-state index contributed by atoms with van der Waals surface area (Å²) < 4.78 is 2.53. The average Bonchev–Trinajstić information content (AvgIpc) is 3.19. The number of amides is 2. The van der Waals surface area contributed by atoms with Gasteiger partial charge in [-0.3, -0.25) is 19.9 Å². The van der Waals surface area contributed by atoms with Gasteiger partial charge < -0.3 is 5.32 Å². The van der Waals surface area contributed by atoms with Crippen molar-refractivity contribution < 1.29 is 14.4 Å². The van der Waals surface area contributed by atoms with Crippen molar-refractivity contribution in [2.75, 3.05) is 12.4 Å². The summed E-state index contributed by atoms with van der Waals surface area (Å²) in [6.45, 7) is 3.93. The smallest absolute Gasteiger partial charge is 0.274 e. The fourth-order valence-corrected chi connectivity index (χ4v) is 4.29. The van der Waals surface area contributed by atoms with E-state index in [-0.39, 0.29) is 22.9 Å². The standard InChI is InChI=1S/C20H19Br2ClN6O3/c1-10(2)15-9-16(29(27-15)18-14(23)5-4-6-24-18)20(31)25-17-12(19(30)26-28-32-3)7-11(21)8-13(17)22/h4-10,28H,1-3H3,(H,25,31)(H,26,30). The van der Waals surface area contributed by atoms with Gasteiger partial charge in [-0.25, -0.2) is 9.67 Å². The summed E-state index contributed by atoms with van der Waals surface area (Å²) in [6.07, 6.45) is 1.57. The summed E-state index contributed by atoms with van der Waals surface area (Å²) >= 11 is 13.1. The van der Waals surface area contributed by atoms with Crippen molar-refractivity contribution in [1.29, 1.82) is 0 Å². The molecule has 0 aliphatic carbocycles. The molecule has 0 saturated carbocycles. The van der Waals surface area contributed by atoms with Crippen LogP contribution in [0.4, 0.5) is 5.69 Å². The normalized spacial score (nSPS) is 11.0. The highest BCUT2D eigenvalue weighted by atomic mass is 79.9. The second-order valence-corrected chi connectivity index (χ2v) is 9.03. The molecule has 3 aromatic rings. The fraction of sp³-hybridized carbons (Fsp3) is 0.200. The minimum atomic E-state index is -0.520. The molecular formula is C20H19Br2ClN6O3. The number of nitrogens with one attached hydrogen (secondary N) is 3. The van der Waals surface area contributed by atoms with E-state index in [0.717, 1.165) is 0 Å². The lowest BCUT2D eigenvalue weighted by Crippen LogP contribution is -2.37. The number of hydrogen-bond donors (Lipinski definition) is 3. The third kappa shape index (κ3) is 5.36. The predicted molar refractivity (Wildman–Crippen MR) is 128 cm³/mol. The number of halogens is 3. The molecule has 0 atom stereocenters. The summed E-state index contributed by atoms with van der Waals surface area (Å²) in [5, 5.41) is 7.66. The van der Waals surface area contributed by atoms with Crippen LogP contribution in [0.25, 0.3) is 5.82 Å². The van der Waals surface area contributed by atoms with Gasteiger partial charge in [-0.15, -0.1) is 5.59 Å². The van der Waals surface area contributed by atoms with E-state index in [0.29, 0.717) is 25.5 Å². The molecule has 0 radical (unpaired) electrons. The third-order valence-electron chi connectivity index (χ3n) is 4.30. The average molecular weight is 587 g/mol. The molecular weight excluding hydrogens is 568 g/mol. The minimum Gasteiger partial charge on any atom is -0.319 e. The van der Waals surface area contributed by atoms with Gasteiger partial charge in [0, 0.05) is 15.1 Å². The Morgan fingerprint density at radius 2 is 1.94 bits per heavy atom. The van der Waals surface area contributed by atoms with Crippen molar-refractivity contribution >= 4 is 61.0 Å². The first-order valence-corrected chi connectivity index (χ1v) is 11.3. The Morgan fingerprint density at radius 3 is 2.59 bits per heavy atom. The largest absolute Gasteiger partial charge is 0.319 e. The molecule has 0 spiro atoms. The summed E-state index contributed by atoms with van der Waals surface area (Å²) in [5.41, 5.74) is 6.00. The molecule has 0 unspecified atom stereocenters. The monoisotopic (exact) mass is 584 g/mol. The lowest BCUT2D eigenvalue weighted by Gasteiger charge is -2.14. The van der Waals surface area contributed by atoms with Crippen LogP contribution in [0, 0.1) is 0 Å². The zero-order valence-electron chi connectivity index (χ0n) is 17.2. The number of nitrogens with zero attached hydrogens (tertiary/aromatic N) is 3. The number of aromatic nitrogens is 3. The van der Waals surface area contributed by atoms with E-state index in [2.05, 4.69) is 63.1 Å². The van der Waals surface area contributed by atoms with Crippen molar-refractivity contribution in [3.05, 3.63) is 67.4 Å². The maximum absolute atomic E-state index is 13.3. The number of rotatable bonds is 7. The minimum absolute atomic E-state index is 0.0613. The van der Waals surface area contributed by atoms with Crippen LogP contribution >= 0.6 is 43.5 Å². The Kier molecular flexibility index (Phi) is 8.01. The summed E-state index contributed by atoms with van der Waals surface area (Å²) in [5.74, 6) is -0.634. The van der Waals surface area contributed by atoms with Gasteiger partial charge in [0.2, 0.25) is 0 Å². The molecule has 3 rings (SSSR count). The van der Waals surface area contributed by atoms with Crippen LogP contribution in [-0.2, 0) is 4.84 Å². The number of anilines is 1. The molecule has 2 aromatic heterocycles. The van der Waals surface area contributed by atoms with Crippen LogP contribution in [0.3, 0.4) is 0 Å². The molecule has 0 aliphatic rings. The maximum Gasteiger partial charge on any atom is 0.274 e. The second kappa shape index (κ2) is 10.5. The van der Waals surface area contributed by atoms with E-state index >= 15 is 0 Å². The van der Waals surface area contributed by atoms with Gasteiger partial charge in [-0.05, 0) is 52.2 Å². The van der Waals surface area contributed by atoms with Gasteiger partial charge in [0.25, 0.3) is 11.8 Å². The van der Waals surface area contributed by atoms with Crippen LogP contribution in [0.1, 0.15) is 46.3 Å². The zero-order valence-corrected chi connectivity index (χ0v) is 21.2. The number of carbonyl (C=O) groups is 2. The molecule has 0 aliphatic heterocycles. The van der Waals surface area contributed by atoms with Crippen LogP contribution in [0.15, 0.2) is 45.5 Å². The van der Waals surface area contributed by atoms with E-state index in [1.54, 1.807) is 36.5 Å². The van der Waals surface area contributed by atoms with E-state index in [1.165, 1.54) is 11.8 Å². The van der Waals surface area contributed by atoms with Crippen molar-refractivity contribution in [3.63, 3.8) is 0 Å². The Bertz CT molecular complexity index is 1170. The molecule has 32 heavy (non-hydrogen) atoms. The fourth-order valence-electron chi connectivity index (χ4n) is 2.76. The molecule has 2 heterocycles. The molecule has 0 bridgehead atoms. The molecule has 12 heteroatoms. The number of pyridine rings is 1. The van der Waals surface area contributed by atoms with Crippen molar-refractivity contribution in [2.24, 2.45) is 0 Å². The Hall–Kier alpha value is -2.31. The van der Waals surface area contributed by atoms with Crippen molar-refractivity contribution in [2.45, 2.75) is 19.8 Å². The van der Waals surface area contributed by atoms with E-state index < -0.39 is 11.8 Å². The van der Waals surface area contributed by atoms with E-state index in [4.69, 9.17) is 11.6 Å². The van der Waals surface area contributed by atoms with E-state index in [1.807, 2.05) is 13.8 Å². The topological polar surface area (TPSA) is 110 Å². The summed E-state index contributed by atoms with van der Waals surface area (Å²) in [4.78, 5) is 34.8. The van der Waals surface area contributed by atoms with Gasteiger partial charge in [0.15, 0.2) is 5.82 Å². The number of hydrogen-bond acceptors (Lipinski definition) is 6. The highest BCUT2D eigenvalue weighted by Crippen LogP contribution is 2.32. The van der Waals surface area contributed by atoms with Crippen LogP contribution in [-0.4, -0.2) is 33.7 Å². The van der Waals surface area contributed by atoms with Gasteiger partial charge in [-0.2, -0.15) is 5.10 Å². The zero-order chi connectivity index (χ0) is 23.4. The number of hydrazine groups is 1. The van der Waals surface area contributed by atoms with Gasteiger partial charge in [0.1, 0.15) is 5.69 Å². The van der Waals surface area contributed by atoms with Crippen molar-refractivity contribution in [1.82, 2.24) is 25.8 Å². The number of carbonyl (C=O) groups excluding carboxylic acids is 2. The molecule has 3 N–H and O–H groups in total. The quantitative estimate of drug-likeness (QED) is 0.349. The highest BCUT2D eigenvalue weighted by Gasteiger charge is 2.23. The van der Waals surface area contributed by atoms with Crippen molar-refractivity contribution in [3.8, 4) is 5.82 Å². The Morgan fingerprint density at radius 1 is 1.19 bits per heavy atom. The molecule has 9 nitrogen and oxygen atoms in total. The Labute approximate surface area is 206 Å². The second-order valence-electron chi connectivity index (χ2n) is 6.85. The maximum atomic E-state index is 13.3. The van der Waals surface area contributed by atoms with Crippen LogP contribution in [0.2, 0.25) is 5.02 Å². The van der Waals surface area contributed by atoms with Crippen LogP contribution in [0.5, 0.6) is 0 Å². The van der Waals surface area contributed by atoms with Gasteiger partial charge >= 0.3 is 0 Å². The summed E-state index contributed by atoms with van der Waals surface area (Å²) in [7, 11) is 1.36. The van der Waals surface area contributed by atoms with Gasteiger partial charge in [0.05, 0.1) is 29.1 Å². The summed E-state index contributed by atoms with van der Waals surface area (Å²) in [6, 6.07) is 8.31. The first kappa shape index (κ1) is 24.3. The molecule has 1 aromatic carbocycles. The Balaban J connectivity index is 2.05. The molecule has 168 valence electrons. The van der Waals surface area contributed by atoms with Crippen LogP contribution < -0.4 is 16.3 Å². The third-order valence-corrected chi connectivity index (χ3v) is 5.68. The molecule has 2 amide bonds. The molecule has 0 saturated heterocycles. The predicted octanol–water partition coefficient (Wildman–Crippen LogP) is 4.62. The molecule has 0 fully saturated rings. The van der Waals surface area contributed by atoms with E-state index in [9.17, 15) is 9.59 Å².